The number of aliphatic hydroxyl groups is 1. The van der Waals surface area contributed by atoms with Crippen molar-refractivity contribution in [3.63, 3.8) is 0 Å². The smallest absolute Gasteiger partial charge is 0.159 e. The number of para-hydroxylation sites is 1. The predicted octanol–water partition coefficient (Wildman–Crippen LogP) is 1.91. The molecule has 1 aromatic rings. The summed E-state index contributed by atoms with van der Waals surface area (Å²) in [6.45, 7) is 1.72. The molecule has 0 aliphatic carbocycles. The number of ether oxygens (including phenoxy) is 3. The largest absolute Gasteiger partial charge is 0.496 e. The maximum atomic E-state index is 10.5. The lowest BCUT2D eigenvalue weighted by atomic mass is 9.91. The summed E-state index contributed by atoms with van der Waals surface area (Å²) in [4.78, 5) is 0. The van der Waals surface area contributed by atoms with Crippen molar-refractivity contribution in [2.24, 2.45) is 0 Å². The molecule has 0 bridgehead atoms. The van der Waals surface area contributed by atoms with E-state index in [9.17, 15) is 5.11 Å². The molecule has 0 saturated carbocycles. The Hall–Kier alpha value is -1.10. The molecule has 96 valence electrons. The van der Waals surface area contributed by atoms with Gasteiger partial charge in [-0.1, -0.05) is 18.2 Å². The van der Waals surface area contributed by atoms with Crippen LogP contribution in [0.15, 0.2) is 24.3 Å². The molecule has 1 N–H and O–H groups in total. The van der Waals surface area contributed by atoms with E-state index in [0.717, 1.165) is 5.56 Å². The maximum Gasteiger partial charge on any atom is 0.159 e. The van der Waals surface area contributed by atoms with E-state index in [0.29, 0.717) is 12.2 Å². The van der Waals surface area contributed by atoms with Crippen LogP contribution in [0.4, 0.5) is 0 Å². The van der Waals surface area contributed by atoms with Gasteiger partial charge in [-0.25, -0.2) is 0 Å². The monoisotopic (exact) mass is 240 g/mol. The van der Waals surface area contributed by atoms with Gasteiger partial charge in [-0.3, -0.25) is 0 Å². The van der Waals surface area contributed by atoms with E-state index >= 15 is 0 Å². The normalized spacial score (nSPS) is 14.7. The number of hydrogen-bond donors (Lipinski definition) is 1. The highest BCUT2D eigenvalue weighted by molar-refractivity contribution is 5.37. The highest BCUT2D eigenvalue weighted by Crippen LogP contribution is 2.33. The second-order valence-corrected chi connectivity index (χ2v) is 4.08. The Bertz CT molecular complexity index is 345. The van der Waals surface area contributed by atoms with E-state index in [1.807, 2.05) is 24.3 Å². The van der Waals surface area contributed by atoms with Crippen LogP contribution in [0.2, 0.25) is 0 Å². The average Bonchev–Trinajstić information content (AvgIpc) is 2.35. The summed E-state index contributed by atoms with van der Waals surface area (Å²) in [5.74, 6) is 0.656. The Labute approximate surface area is 102 Å². The van der Waals surface area contributed by atoms with Crippen molar-refractivity contribution in [1.29, 1.82) is 0 Å². The average molecular weight is 240 g/mol. The van der Waals surface area contributed by atoms with Crippen LogP contribution in [0, 0.1) is 0 Å². The van der Waals surface area contributed by atoms with Gasteiger partial charge in [-0.15, -0.1) is 0 Å². The van der Waals surface area contributed by atoms with Crippen LogP contribution in [-0.4, -0.2) is 32.7 Å². The predicted molar refractivity (Wildman–Crippen MR) is 65.0 cm³/mol. The van der Waals surface area contributed by atoms with Gasteiger partial charge in [0.2, 0.25) is 0 Å². The fourth-order valence-corrected chi connectivity index (χ4v) is 1.79. The van der Waals surface area contributed by atoms with Gasteiger partial charge >= 0.3 is 0 Å². The molecule has 0 heterocycles. The fraction of sp³-hybridized carbons (Fsp3) is 0.538. The third kappa shape index (κ3) is 3.43. The molecule has 17 heavy (non-hydrogen) atoms. The molecule has 0 amide bonds. The maximum absolute atomic E-state index is 10.5. The highest BCUT2D eigenvalue weighted by atomic mass is 16.7. The second kappa shape index (κ2) is 6.00. The zero-order chi connectivity index (χ0) is 12.9. The van der Waals surface area contributed by atoms with Crippen molar-refractivity contribution in [3.05, 3.63) is 29.8 Å². The van der Waals surface area contributed by atoms with Gasteiger partial charge in [0.25, 0.3) is 0 Å². The van der Waals surface area contributed by atoms with E-state index in [1.54, 1.807) is 28.3 Å². The van der Waals surface area contributed by atoms with Crippen LogP contribution in [0.1, 0.15) is 18.9 Å². The molecule has 1 unspecified atom stereocenters. The molecule has 4 nitrogen and oxygen atoms in total. The zero-order valence-electron chi connectivity index (χ0n) is 10.8. The van der Waals surface area contributed by atoms with Crippen molar-refractivity contribution in [1.82, 2.24) is 0 Å². The molecule has 0 saturated heterocycles. The van der Waals surface area contributed by atoms with Crippen molar-refractivity contribution in [2.75, 3.05) is 21.3 Å². The first-order valence-corrected chi connectivity index (χ1v) is 5.46. The summed E-state index contributed by atoms with van der Waals surface area (Å²) in [5, 5.41) is 10.5. The molecule has 0 spiro atoms. The Kier molecular flexibility index (Phi) is 4.93. The molecule has 1 rings (SSSR count). The first kappa shape index (κ1) is 14.0. The van der Waals surface area contributed by atoms with Crippen molar-refractivity contribution >= 4 is 0 Å². The van der Waals surface area contributed by atoms with Gasteiger partial charge < -0.3 is 19.3 Å². The van der Waals surface area contributed by atoms with Gasteiger partial charge in [-0.05, 0) is 13.0 Å². The number of benzene rings is 1. The van der Waals surface area contributed by atoms with Crippen molar-refractivity contribution in [2.45, 2.75) is 25.2 Å². The molecule has 4 heteroatoms. The van der Waals surface area contributed by atoms with E-state index in [2.05, 4.69) is 0 Å². The van der Waals surface area contributed by atoms with Gasteiger partial charge in [0, 0.05) is 26.2 Å². The second-order valence-electron chi connectivity index (χ2n) is 4.08. The van der Waals surface area contributed by atoms with Crippen molar-refractivity contribution < 1.29 is 19.3 Å². The Balaban J connectivity index is 2.95. The molecular formula is C13H20O4. The molecular weight excluding hydrogens is 220 g/mol. The van der Waals surface area contributed by atoms with E-state index in [1.165, 1.54) is 0 Å². The lowest BCUT2D eigenvalue weighted by molar-refractivity contribution is -0.142. The van der Waals surface area contributed by atoms with Crippen LogP contribution in [0.3, 0.4) is 0 Å². The minimum absolute atomic E-state index is 0.334. The molecule has 1 atom stereocenters. The zero-order valence-corrected chi connectivity index (χ0v) is 10.8. The van der Waals surface area contributed by atoms with Crippen LogP contribution in [0.5, 0.6) is 5.75 Å². The van der Waals surface area contributed by atoms with Gasteiger partial charge in [0.05, 0.1) is 12.7 Å². The summed E-state index contributed by atoms with van der Waals surface area (Å²) >= 11 is 0. The van der Waals surface area contributed by atoms with E-state index < -0.39 is 11.9 Å². The Morgan fingerprint density at radius 3 is 2.29 bits per heavy atom. The van der Waals surface area contributed by atoms with Gasteiger partial charge in [-0.2, -0.15) is 0 Å². The number of hydrogen-bond acceptors (Lipinski definition) is 4. The fourth-order valence-electron chi connectivity index (χ4n) is 1.79. The Morgan fingerprint density at radius 1 is 1.18 bits per heavy atom. The lowest BCUT2D eigenvalue weighted by Gasteiger charge is -2.28. The summed E-state index contributed by atoms with van der Waals surface area (Å²) in [6, 6.07) is 7.38. The highest BCUT2D eigenvalue weighted by Gasteiger charge is 2.30. The van der Waals surface area contributed by atoms with Gasteiger partial charge in [0.15, 0.2) is 6.29 Å². The quantitative estimate of drug-likeness (QED) is 0.772. The minimum atomic E-state index is -1.07. The molecule has 0 radical (unpaired) electrons. The molecule has 0 aromatic heterocycles. The third-order valence-corrected chi connectivity index (χ3v) is 2.78. The van der Waals surface area contributed by atoms with Crippen LogP contribution in [0.25, 0.3) is 0 Å². The molecule has 0 fully saturated rings. The number of rotatable bonds is 6. The topological polar surface area (TPSA) is 47.9 Å². The SMILES string of the molecule is COc1ccccc1C(C)(O)CC(OC)OC. The minimum Gasteiger partial charge on any atom is -0.496 e. The van der Waals surface area contributed by atoms with E-state index in [4.69, 9.17) is 14.2 Å². The standard InChI is InChI=1S/C13H20O4/c1-13(14,9-12(16-3)17-4)10-7-5-6-8-11(10)15-2/h5-8,12,14H,9H2,1-4H3. The van der Waals surface area contributed by atoms with Gasteiger partial charge in [0.1, 0.15) is 5.75 Å². The third-order valence-electron chi connectivity index (χ3n) is 2.78. The lowest BCUT2D eigenvalue weighted by Crippen LogP contribution is -2.30. The summed E-state index contributed by atoms with van der Waals surface area (Å²) in [5.41, 5.74) is -0.342. The summed E-state index contributed by atoms with van der Waals surface area (Å²) < 4.78 is 15.5. The first-order chi connectivity index (χ1) is 8.05. The van der Waals surface area contributed by atoms with Crippen LogP contribution in [-0.2, 0) is 15.1 Å². The number of methoxy groups -OCH3 is 3. The summed E-state index contributed by atoms with van der Waals surface area (Å²) in [7, 11) is 4.68. The molecule has 0 aliphatic heterocycles. The molecule has 0 aliphatic rings. The molecule has 1 aromatic carbocycles. The van der Waals surface area contributed by atoms with E-state index in [-0.39, 0.29) is 0 Å². The van der Waals surface area contributed by atoms with Crippen molar-refractivity contribution in [3.8, 4) is 5.75 Å². The first-order valence-electron chi connectivity index (χ1n) is 5.46. The summed E-state index contributed by atoms with van der Waals surface area (Å²) in [6.07, 6.45) is -0.115. The van der Waals surface area contributed by atoms with Crippen LogP contribution >= 0.6 is 0 Å². The Morgan fingerprint density at radius 2 is 1.76 bits per heavy atom. The van der Waals surface area contributed by atoms with Crippen LogP contribution < -0.4 is 4.74 Å².